The standard InChI is InChI=1S/C18H17F3O3S/c19-18(20,21)16-8-4-5-9-17(16)25(22,23)15-11-10-14(12-15)24-13-6-2-1-3-7-13/h1-9,14-15H,10-12H2/t14-,15-/m1/s1. The highest BCUT2D eigenvalue weighted by molar-refractivity contribution is 7.92. The molecule has 1 aliphatic carbocycles. The number of alkyl halides is 3. The second kappa shape index (κ2) is 6.71. The SMILES string of the molecule is O=S(=O)(c1ccccc1C(F)(F)F)[C@@H]1CC[C@@H](Oc2ccccc2)C1. The van der Waals surface area contributed by atoms with E-state index in [-0.39, 0.29) is 18.9 Å². The first kappa shape index (κ1) is 17.8. The Morgan fingerprint density at radius 3 is 2.24 bits per heavy atom. The molecule has 0 radical (unpaired) electrons. The normalized spacial score (nSPS) is 21.2. The van der Waals surface area contributed by atoms with Gasteiger partial charge in [-0.25, -0.2) is 8.42 Å². The van der Waals surface area contributed by atoms with Crippen molar-refractivity contribution in [2.45, 2.75) is 41.7 Å². The Bertz CT molecular complexity index is 832. The second-order valence-electron chi connectivity index (χ2n) is 6.03. The number of hydrogen-bond donors (Lipinski definition) is 0. The minimum Gasteiger partial charge on any atom is -0.490 e. The van der Waals surface area contributed by atoms with E-state index in [2.05, 4.69) is 0 Å². The Kier molecular flexibility index (Phi) is 4.77. The molecule has 3 nitrogen and oxygen atoms in total. The lowest BCUT2D eigenvalue weighted by Gasteiger charge is -2.17. The Morgan fingerprint density at radius 1 is 0.920 bits per heavy atom. The molecule has 0 spiro atoms. The van der Waals surface area contributed by atoms with Gasteiger partial charge in [0.25, 0.3) is 0 Å². The summed E-state index contributed by atoms with van der Waals surface area (Å²) in [5.74, 6) is 0.626. The van der Waals surface area contributed by atoms with Crippen molar-refractivity contribution in [3.05, 3.63) is 60.2 Å². The molecule has 1 saturated carbocycles. The molecule has 25 heavy (non-hydrogen) atoms. The molecule has 1 aliphatic rings. The summed E-state index contributed by atoms with van der Waals surface area (Å²) in [6.07, 6.45) is -4.06. The Morgan fingerprint density at radius 2 is 1.56 bits per heavy atom. The first-order valence-electron chi connectivity index (χ1n) is 7.90. The molecule has 0 bridgehead atoms. The number of rotatable bonds is 4. The van der Waals surface area contributed by atoms with Gasteiger partial charge in [-0.15, -0.1) is 0 Å². The van der Waals surface area contributed by atoms with Crippen LogP contribution in [0.1, 0.15) is 24.8 Å². The molecular formula is C18H17F3O3S. The summed E-state index contributed by atoms with van der Waals surface area (Å²) in [6.45, 7) is 0. The summed E-state index contributed by atoms with van der Waals surface area (Å²) >= 11 is 0. The van der Waals surface area contributed by atoms with E-state index in [4.69, 9.17) is 4.74 Å². The molecule has 0 saturated heterocycles. The maximum Gasteiger partial charge on any atom is 0.417 e. The van der Waals surface area contributed by atoms with Gasteiger partial charge in [0.05, 0.1) is 21.8 Å². The molecule has 0 unspecified atom stereocenters. The topological polar surface area (TPSA) is 43.4 Å². The van der Waals surface area contributed by atoms with E-state index in [1.807, 2.05) is 6.07 Å². The van der Waals surface area contributed by atoms with Crippen LogP contribution in [0.3, 0.4) is 0 Å². The molecule has 2 aromatic rings. The largest absolute Gasteiger partial charge is 0.490 e. The Balaban J connectivity index is 1.81. The first-order chi connectivity index (χ1) is 11.8. The highest BCUT2D eigenvalue weighted by atomic mass is 32.2. The number of halogens is 3. The van der Waals surface area contributed by atoms with E-state index in [0.29, 0.717) is 12.2 Å². The van der Waals surface area contributed by atoms with E-state index in [1.54, 1.807) is 24.3 Å². The van der Waals surface area contributed by atoms with Crippen molar-refractivity contribution < 1.29 is 26.3 Å². The van der Waals surface area contributed by atoms with Crippen LogP contribution in [0, 0.1) is 0 Å². The van der Waals surface area contributed by atoms with Gasteiger partial charge in [0.15, 0.2) is 9.84 Å². The lowest BCUT2D eigenvalue weighted by Crippen LogP contribution is -2.23. The van der Waals surface area contributed by atoms with Crippen LogP contribution in [0.15, 0.2) is 59.5 Å². The quantitative estimate of drug-likeness (QED) is 0.797. The summed E-state index contributed by atoms with van der Waals surface area (Å²) in [6, 6.07) is 13.3. The van der Waals surface area contributed by atoms with Gasteiger partial charge in [-0.3, -0.25) is 0 Å². The third-order valence-corrected chi connectivity index (χ3v) is 6.60. The highest BCUT2D eigenvalue weighted by Crippen LogP contribution is 2.38. The molecule has 134 valence electrons. The summed E-state index contributed by atoms with van der Waals surface area (Å²) in [7, 11) is -4.08. The fraction of sp³-hybridized carbons (Fsp3) is 0.333. The van der Waals surface area contributed by atoms with Crippen molar-refractivity contribution in [3.63, 3.8) is 0 Å². The summed E-state index contributed by atoms with van der Waals surface area (Å²) in [5.41, 5.74) is -1.11. The molecule has 2 aromatic carbocycles. The monoisotopic (exact) mass is 370 g/mol. The van der Waals surface area contributed by atoms with Crippen molar-refractivity contribution in [3.8, 4) is 5.75 Å². The summed E-state index contributed by atoms with van der Waals surface area (Å²) in [4.78, 5) is -0.645. The van der Waals surface area contributed by atoms with E-state index in [1.165, 1.54) is 12.1 Å². The third kappa shape index (κ3) is 3.81. The van der Waals surface area contributed by atoms with Crippen LogP contribution in [0.5, 0.6) is 5.75 Å². The zero-order valence-electron chi connectivity index (χ0n) is 13.2. The zero-order chi connectivity index (χ0) is 18.1. The maximum atomic E-state index is 13.1. The van der Waals surface area contributed by atoms with Gasteiger partial charge in [-0.1, -0.05) is 30.3 Å². The minimum atomic E-state index is -4.71. The van der Waals surface area contributed by atoms with Crippen LogP contribution in [0.25, 0.3) is 0 Å². The average Bonchev–Trinajstić information content (AvgIpc) is 3.04. The Labute approximate surface area is 144 Å². The van der Waals surface area contributed by atoms with Gasteiger partial charge >= 0.3 is 6.18 Å². The molecule has 0 heterocycles. The van der Waals surface area contributed by atoms with E-state index in [0.717, 1.165) is 12.1 Å². The molecule has 3 rings (SSSR count). The van der Waals surface area contributed by atoms with Crippen LogP contribution in [0.2, 0.25) is 0 Å². The summed E-state index contributed by atoms with van der Waals surface area (Å²) < 4.78 is 70.7. The van der Waals surface area contributed by atoms with E-state index in [9.17, 15) is 21.6 Å². The lowest BCUT2D eigenvalue weighted by atomic mass is 10.2. The number of sulfone groups is 1. The number of hydrogen-bond acceptors (Lipinski definition) is 3. The highest BCUT2D eigenvalue weighted by Gasteiger charge is 2.42. The van der Waals surface area contributed by atoms with Crippen LogP contribution >= 0.6 is 0 Å². The number of benzene rings is 2. The van der Waals surface area contributed by atoms with Crippen molar-refractivity contribution in [1.82, 2.24) is 0 Å². The van der Waals surface area contributed by atoms with Crippen molar-refractivity contribution in [2.75, 3.05) is 0 Å². The van der Waals surface area contributed by atoms with Gasteiger partial charge in [0.2, 0.25) is 0 Å². The average molecular weight is 370 g/mol. The predicted octanol–water partition coefficient (Wildman–Crippen LogP) is 4.48. The van der Waals surface area contributed by atoms with Crippen molar-refractivity contribution in [1.29, 1.82) is 0 Å². The molecule has 0 aromatic heterocycles. The first-order valence-corrected chi connectivity index (χ1v) is 9.45. The molecule has 0 amide bonds. The second-order valence-corrected chi connectivity index (χ2v) is 8.22. The molecule has 2 atom stereocenters. The lowest BCUT2D eigenvalue weighted by molar-refractivity contribution is -0.139. The number of para-hydroxylation sites is 1. The third-order valence-electron chi connectivity index (χ3n) is 4.32. The smallest absolute Gasteiger partial charge is 0.417 e. The molecule has 1 fully saturated rings. The minimum absolute atomic E-state index is 0.184. The zero-order valence-corrected chi connectivity index (χ0v) is 14.1. The van der Waals surface area contributed by atoms with Crippen LogP contribution < -0.4 is 4.74 Å². The number of ether oxygens (including phenoxy) is 1. The molecular weight excluding hydrogens is 353 g/mol. The van der Waals surface area contributed by atoms with Crippen molar-refractivity contribution in [2.24, 2.45) is 0 Å². The molecule has 0 aliphatic heterocycles. The van der Waals surface area contributed by atoms with Gasteiger partial charge < -0.3 is 4.74 Å². The van der Waals surface area contributed by atoms with Crippen LogP contribution in [-0.4, -0.2) is 19.8 Å². The molecule has 0 N–H and O–H groups in total. The molecule has 7 heteroatoms. The Hall–Kier alpha value is -2.02. The van der Waals surface area contributed by atoms with Gasteiger partial charge in [0.1, 0.15) is 5.75 Å². The predicted molar refractivity (Wildman–Crippen MR) is 87.1 cm³/mol. The van der Waals surface area contributed by atoms with Crippen LogP contribution in [0.4, 0.5) is 13.2 Å². The summed E-state index contributed by atoms with van der Waals surface area (Å²) in [5, 5.41) is -0.871. The van der Waals surface area contributed by atoms with Crippen molar-refractivity contribution >= 4 is 9.84 Å². The van der Waals surface area contributed by atoms with Gasteiger partial charge in [-0.05, 0) is 37.1 Å². The van der Waals surface area contributed by atoms with E-state index < -0.39 is 31.7 Å². The maximum absolute atomic E-state index is 13.1. The fourth-order valence-corrected chi connectivity index (χ4v) is 5.14. The fourth-order valence-electron chi connectivity index (χ4n) is 3.11. The van der Waals surface area contributed by atoms with Gasteiger partial charge in [-0.2, -0.15) is 13.2 Å². The van der Waals surface area contributed by atoms with Gasteiger partial charge in [0, 0.05) is 6.42 Å². The van der Waals surface area contributed by atoms with E-state index >= 15 is 0 Å². The van der Waals surface area contributed by atoms with Crippen LogP contribution in [-0.2, 0) is 16.0 Å².